The summed E-state index contributed by atoms with van der Waals surface area (Å²) in [5, 5.41) is 11.2. The lowest BCUT2D eigenvalue weighted by Gasteiger charge is -2.13. The van der Waals surface area contributed by atoms with Crippen molar-refractivity contribution in [2.75, 3.05) is 11.2 Å². The number of nitrogens with two attached hydrogens (primary N) is 1. The van der Waals surface area contributed by atoms with Crippen LogP contribution in [0.4, 0.5) is 5.69 Å². The van der Waals surface area contributed by atoms with Crippen LogP contribution in [0.5, 0.6) is 0 Å². The Balaban J connectivity index is 2.04. The molecule has 1 atom stereocenters. The van der Waals surface area contributed by atoms with E-state index in [1.54, 1.807) is 0 Å². The number of thioether (sulfide) groups is 1. The number of anilines is 1. The topological polar surface area (TPSA) is 85.8 Å². The molecule has 0 saturated carbocycles. The van der Waals surface area contributed by atoms with Gasteiger partial charge in [0.15, 0.2) is 5.82 Å². The van der Waals surface area contributed by atoms with Crippen molar-refractivity contribution in [2.45, 2.75) is 44.5 Å². The van der Waals surface area contributed by atoms with Gasteiger partial charge in [0.2, 0.25) is 11.1 Å². The molecule has 22 heavy (non-hydrogen) atoms. The van der Waals surface area contributed by atoms with E-state index < -0.39 is 0 Å². The second kappa shape index (κ2) is 6.83. The molecule has 0 saturated heterocycles. The fourth-order valence-electron chi connectivity index (χ4n) is 2.03. The highest BCUT2D eigenvalue weighted by atomic mass is 32.2. The zero-order chi connectivity index (χ0) is 16.3. The van der Waals surface area contributed by atoms with Gasteiger partial charge in [-0.2, -0.15) is 0 Å². The van der Waals surface area contributed by atoms with E-state index >= 15 is 0 Å². The van der Waals surface area contributed by atoms with Gasteiger partial charge in [0, 0.05) is 12.1 Å². The van der Waals surface area contributed by atoms with Crippen molar-refractivity contribution >= 4 is 23.4 Å². The summed E-state index contributed by atoms with van der Waals surface area (Å²) in [6.07, 6.45) is 0.702. The zero-order valence-corrected chi connectivity index (χ0v) is 14.1. The third kappa shape index (κ3) is 3.59. The Morgan fingerprint density at radius 2 is 2.14 bits per heavy atom. The highest BCUT2D eigenvalue weighted by Gasteiger charge is 2.19. The standard InChI is InChI=1S/C15H21N5OS/c1-5-13-18-19-15(20(13)16)22-11(4)14(21)17-12-7-6-9(2)8-10(12)3/h6-8,11H,5,16H2,1-4H3,(H,17,21)/t11-/m1/s1. The number of hydrogen-bond acceptors (Lipinski definition) is 5. The van der Waals surface area contributed by atoms with Crippen LogP contribution in [0.25, 0.3) is 0 Å². The second-order valence-electron chi connectivity index (χ2n) is 5.19. The van der Waals surface area contributed by atoms with Crippen molar-refractivity contribution in [1.82, 2.24) is 14.9 Å². The van der Waals surface area contributed by atoms with E-state index in [0.717, 1.165) is 11.3 Å². The zero-order valence-electron chi connectivity index (χ0n) is 13.3. The van der Waals surface area contributed by atoms with Gasteiger partial charge >= 0.3 is 0 Å². The average molecular weight is 319 g/mol. The van der Waals surface area contributed by atoms with Crippen LogP contribution in [0, 0.1) is 13.8 Å². The Morgan fingerprint density at radius 1 is 1.41 bits per heavy atom. The van der Waals surface area contributed by atoms with E-state index in [1.807, 2.05) is 45.9 Å². The van der Waals surface area contributed by atoms with E-state index in [2.05, 4.69) is 15.5 Å². The number of nitrogen functional groups attached to an aromatic ring is 1. The van der Waals surface area contributed by atoms with Crippen molar-refractivity contribution in [3.05, 3.63) is 35.2 Å². The smallest absolute Gasteiger partial charge is 0.237 e. The number of benzene rings is 1. The largest absolute Gasteiger partial charge is 0.336 e. The Bertz CT molecular complexity index is 683. The number of hydrogen-bond donors (Lipinski definition) is 2. The number of aromatic nitrogens is 3. The minimum Gasteiger partial charge on any atom is -0.336 e. The minimum atomic E-state index is -0.322. The molecule has 2 rings (SSSR count). The van der Waals surface area contributed by atoms with Gasteiger partial charge in [-0.15, -0.1) is 10.2 Å². The third-order valence-corrected chi connectivity index (χ3v) is 4.40. The van der Waals surface area contributed by atoms with E-state index in [9.17, 15) is 4.79 Å². The van der Waals surface area contributed by atoms with Crippen LogP contribution in [-0.2, 0) is 11.2 Å². The Labute approximate surface area is 134 Å². The van der Waals surface area contributed by atoms with E-state index in [-0.39, 0.29) is 11.2 Å². The van der Waals surface area contributed by atoms with Crippen molar-refractivity contribution in [2.24, 2.45) is 0 Å². The molecule has 0 aliphatic carbocycles. The molecule has 118 valence electrons. The molecule has 0 unspecified atom stereocenters. The molecular formula is C15H21N5OS. The summed E-state index contributed by atoms with van der Waals surface area (Å²) in [5.41, 5.74) is 3.04. The highest BCUT2D eigenvalue weighted by molar-refractivity contribution is 8.00. The maximum absolute atomic E-state index is 12.3. The first-order valence-electron chi connectivity index (χ1n) is 7.16. The first-order valence-corrected chi connectivity index (χ1v) is 8.04. The summed E-state index contributed by atoms with van der Waals surface area (Å²) >= 11 is 1.30. The maximum atomic E-state index is 12.3. The summed E-state index contributed by atoms with van der Waals surface area (Å²) in [6, 6.07) is 5.93. The van der Waals surface area contributed by atoms with E-state index in [0.29, 0.717) is 17.4 Å². The normalized spacial score (nSPS) is 12.2. The van der Waals surface area contributed by atoms with Crippen LogP contribution in [0.1, 0.15) is 30.8 Å². The average Bonchev–Trinajstić information content (AvgIpc) is 2.82. The molecular weight excluding hydrogens is 298 g/mol. The summed E-state index contributed by atoms with van der Waals surface area (Å²) in [7, 11) is 0. The van der Waals surface area contributed by atoms with Crippen LogP contribution in [-0.4, -0.2) is 26.0 Å². The molecule has 0 radical (unpaired) electrons. The van der Waals surface area contributed by atoms with Gasteiger partial charge in [0.25, 0.3) is 0 Å². The molecule has 0 bridgehead atoms. The fourth-order valence-corrected chi connectivity index (χ4v) is 2.82. The number of aryl methyl sites for hydroxylation is 3. The Hall–Kier alpha value is -2.02. The maximum Gasteiger partial charge on any atom is 0.237 e. The number of rotatable bonds is 5. The third-order valence-electron chi connectivity index (χ3n) is 3.34. The van der Waals surface area contributed by atoms with Crippen LogP contribution in [0.2, 0.25) is 0 Å². The lowest BCUT2D eigenvalue weighted by Crippen LogP contribution is -2.24. The summed E-state index contributed by atoms with van der Waals surface area (Å²) in [6.45, 7) is 7.78. The minimum absolute atomic E-state index is 0.0852. The summed E-state index contributed by atoms with van der Waals surface area (Å²) in [4.78, 5) is 12.3. The van der Waals surface area contributed by atoms with Gasteiger partial charge in [-0.3, -0.25) is 4.79 Å². The van der Waals surface area contributed by atoms with Crippen molar-refractivity contribution in [1.29, 1.82) is 0 Å². The number of nitrogens with zero attached hydrogens (tertiary/aromatic N) is 3. The van der Waals surface area contributed by atoms with Crippen LogP contribution in [0.3, 0.4) is 0 Å². The van der Waals surface area contributed by atoms with Crippen molar-refractivity contribution in [3.8, 4) is 0 Å². The quantitative estimate of drug-likeness (QED) is 0.652. The predicted octanol–water partition coefficient (Wildman–Crippen LogP) is 2.29. The van der Waals surface area contributed by atoms with Gasteiger partial charge in [-0.1, -0.05) is 36.4 Å². The van der Waals surface area contributed by atoms with Gasteiger partial charge in [-0.25, -0.2) is 4.68 Å². The van der Waals surface area contributed by atoms with E-state index in [1.165, 1.54) is 22.0 Å². The molecule has 0 spiro atoms. The van der Waals surface area contributed by atoms with Crippen LogP contribution < -0.4 is 11.2 Å². The lowest BCUT2D eigenvalue weighted by molar-refractivity contribution is -0.115. The number of amides is 1. The predicted molar refractivity (Wildman–Crippen MR) is 89.4 cm³/mol. The molecule has 6 nitrogen and oxygen atoms in total. The van der Waals surface area contributed by atoms with Gasteiger partial charge in [0.1, 0.15) is 0 Å². The molecule has 2 aromatic rings. The first-order chi connectivity index (χ1) is 10.4. The molecule has 0 aliphatic rings. The van der Waals surface area contributed by atoms with Crippen molar-refractivity contribution in [3.63, 3.8) is 0 Å². The second-order valence-corrected chi connectivity index (χ2v) is 6.50. The Kier molecular flexibility index (Phi) is 5.07. The number of nitrogens with one attached hydrogen (secondary N) is 1. The first kappa shape index (κ1) is 16.4. The van der Waals surface area contributed by atoms with Crippen molar-refractivity contribution < 1.29 is 4.79 Å². The molecule has 1 aromatic carbocycles. The lowest BCUT2D eigenvalue weighted by atomic mass is 10.1. The number of carbonyl (C=O) groups is 1. The number of carbonyl (C=O) groups excluding carboxylic acids is 1. The van der Waals surface area contributed by atoms with Crippen LogP contribution >= 0.6 is 11.8 Å². The summed E-state index contributed by atoms with van der Waals surface area (Å²) < 4.78 is 1.44. The van der Waals surface area contributed by atoms with E-state index in [4.69, 9.17) is 5.84 Å². The Morgan fingerprint density at radius 3 is 2.73 bits per heavy atom. The fraction of sp³-hybridized carbons (Fsp3) is 0.400. The molecule has 1 heterocycles. The molecule has 1 aromatic heterocycles. The molecule has 0 fully saturated rings. The monoisotopic (exact) mass is 319 g/mol. The molecule has 1 amide bonds. The van der Waals surface area contributed by atoms with Gasteiger partial charge < -0.3 is 11.2 Å². The SMILES string of the molecule is CCc1nnc(S[C@H](C)C(=O)Nc2ccc(C)cc2C)n1N. The van der Waals surface area contributed by atoms with Crippen LogP contribution in [0.15, 0.2) is 23.4 Å². The molecule has 0 aliphatic heterocycles. The van der Waals surface area contributed by atoms with Gasteiger partial charge in [-0.05, 0) is 32.4 Å². The highest BCUT2D eigenvalue weighted by Crippen LogP contribution is 2.23. The molecule has 7 heteroatoms. The summed E-state index contributed by atoms with van der Waals surface area (Å²) in [5.74, 6) is 6.51. The van der Waals surface area contributed by atoms with Gasteiger partial charge in [0.05, 0.1) is 5.25 Å². The molecule has 3 N–H and O–H groups in total.